The first-order valence-corrected chi connectivity index (χ1v) is 7.44. The maximum Gasteiger partial charge on any atom is 0.337 e. The largest absolute Gasteiger partial charge is 0.465 e. The van der Waals surface area contributed by atoms with Gasteiger partial charge in [-0.15, -0.1) is 0 Å². The van der Waals surface area contributed by atoms with E-state index in [9.17, 15) is 9.59 Å². The van der Waals surface area contributed by atoms with E-state index in [1.54, 1.807) is 36.4 Å². The second-order valence-corrected chi connectivity index (χ2v) is 5.24. The molecule has 0 aromatic heterocycles. The van der Waals surface area contributed by atoms with Gasteiger partial charge >= 0.3 is 5.97 Å². The molecule has 6 heteroatoms. The topological polar surface area (TPSA) is 67.4 Å². The molecule has 2 N–H and O–H groups in total. The van der Waals surface area contributed by atoms with Crippen molar-refractivity contribution in [1.29, 1.82) is 0 Å². The number of rotatable bonds is 6. The zero-order chi connectivity index (χ0) is 16.7. The number of ether oxygens (including phenoxy) is 1. The van der Waals surface area contributed by atoms with Crippen molar-refractivity contribution in [1.82, 2.24) is 0 Å². The van der Waals surface area contributed by atoms with Crippen molar-refractivity contribution in [2.75, 3.05) is 24.3 Å². The number of amides is 1. The number of carbonyl (C=O) groups excluding carboxylic acids is 2. The molecule has 0 heterocycles. The van der Waals surface area contributed by atoms with Crippen LogP contribution in [0.4, 0.5) is 11.4 Å². The summed E-state index contributed by atoms with van der Waals surface area (Å²) in [6.45, 7) is 0.490. The van der Waals surface area contributed by atoms with Gasteiger partial charge in [-0.1, -0.05) is 17.7 Å². The first-order valence-electron chi connectivity index (χ1n) is 7.06. The fraction of sp³-hybridized carbons (Fsp3) is 0.176. The van der Waals surface area contributed by atoms with E-state index >= 15 is 0 Å². The quantitative estimate of drug-likeness (QED) is 0.794. The molecule has 0 aliphatic rings. The van der Waals surface area contributed by atoms with Gasteiger partial charge in [-0.25, -0.2) is 4.79 Å². The Labute approximate surface area is 139 Å². The number of hydrogen-bond acceptors (Lipinski definition) is 4. The Bertz CT molecular complexity index is 686. The summed E-state index contributed by atoms with van der Waals surface area (Å²) in [7, 11) is 1.32. The molecule has 2 aromatic rings. The predicted octanol–water partition coefficient (Wildman–Crippen LogP) is 3.57. The molecule has 0 saturated carbocycles. The third-order valence-electron chi connectivity index (χ3n) is 3.09. The fourth-order valence-electron chi connectivity index (χ4n) is 1.95. The number of carbonyl (C=O) groups is 2. The van der Waals surface area contributed by atoms with Gasteiger partial charge in [0.15, 0.2) is 0 Å². The highest BCUT2D eigenvalue weighted by Gasteiger charge is 2.07. The van der Waals surface area contributed by atoms with E-state index in [1.165, 1.54) is 7.11 Å². The number of methoxy groups -OCH3 is 1. The third-order valence-corrected chi connectivity index (χ3v) is 3.34. The molecule has 0 aliphatic carbocycles. The van der Waals surface area contributed by atoms with Crippen LogP contribution in [0.5, 0.6) is 0 Å². The van der Waals surface area contributed by atoms with Crippen LogP contribution in [0, 0.1) is 0 Å². The van der Waals surface area contributed by atoms with Crippen LogP contribution in [0.2, 0.25) is 5.02 Å². The van der Waals surface area contributed by atoms with Gasteiger partial charge in [0.05, 0.1) is 12.7 Å². The van der Waals surface area contributed by atoms with Gasteiger partial charge in [0.2, 0.25) is 5.91 Å². The van der Waals surface area contributed by atoms with E-state index in [2.05, 4.69) is 15.4 Å². The van der Waals surface area contributed by atoms with Crippen molar-refractivity contribution < 1.29 is 14.3 Å². The number of halogens is 1. The lowest BCUT2D eigenvalue weighted by atomic mass is 10.2. The van der Waals surface area contributed by atoms with E-state index in [4.69, 9.17) is 11.6 Å². The van der Waals surface area contributed by atoms with Crippen LogP contribution < -0.4 is 10.6 Å². The highest BCUT2D eigenvalue weighted by atomic mass is 35.5. The summed E-state index contributed by atoms with van der Waals surface area (Å²) in [5.74, 6) is -0.584. The second-order valence-electron chi connectivity index (χ2n) is 4.80. The van der Waals surface area contributed by atoms with Crippen molar-refractivity contribution >= 4 is 34.9 Å². The molecule has 23 heavy (non-hydrogen) atoms. The number of esters is 1. The Morgan fingerprint density at radius 3 is 2.52 bits per heavy atom. The Morgan fingerprint density at radius 2 is 1.83 bits per heavy atom. The summed E-state index contributed by atoms with van der Waals surface area (Å²) >= 11 is 5.81. The minimum atomic E-state index is -0.439. The molecule has 0 bridgehead atoms. The molecular formula is C17H17ClN2O3. The van der Waals surface area contributed by atoms with E-state index in [1.807, 2.05) is 12.1 Å². The van der Waals surface area contributed by atoms with Crippen molar-refractivity contribution in [2.45, 2.75) is 6.42 Å². The highest BCUT2D eigenvalue weighted by molar-refractivity contribution is 6.30. The second kappa shape index (κ2) is 8.19. The van der Waals surface area contributed by atoms with Crippen LogP contribution in [-0.2, 0) is 9.53 Å². The Kier molecular flexibility index (Phi) is 6.00. The van der Waals surface area contributed by atoms with Gasteiger partial charge in [-0.3, -0.25) is 4.79 Å². The zero-order valence-corrected chi connectivity index (χ0v) is 13.4. The van der Waals surface area contributed by atoms with Crippen molar-refractivity contribution in [3.8, 4) is 0 Å². The van der Waals surface area contributed by atoms with Crippen LogP contribution in [0.1, 0.15) is 16.8 Å². The predicted molar refractivity (Wildman–Crippen MR) is 91.0 cm³/mol. The first-order chi connectivity index (χ1) is 11.1. The smallest absolute Gasteiger partial charge is 0.337 e. The van der Waals surface area contributed by atoms with E-state index < -0.39 is 5.97 Å². The van der Waals surface area contributed by atoms with E-state index in [0.717, 1.165) is 5.69 Å². The van der Waals surface area contributed by atoms with Crippen LogP contribution in [-0.4, -0.2) is 25.5 Å². The van der Waals surface area contributed by atoms with Crippen molar-refractivity contribution in [2.24, 2.45) is 0 Å². The molecule has 2 rings (SSSR count). The molecule has 0 radical (unpaired) electrons. The lowest BCUT2D eigenvalue weighted by Crippen LogP contribution is -2.16. The minimum Gasteiger partial charge on any atom is -0.465 e. The van der Waals surface area contributed by atoms with Crippen molar-refractivity contribution in [3.63, 3.8) is 0 Å². The lowest BCUT2D eigenvalue weighted by molar-refractivity contribution is -0.115. The van der Waals surface area contributed by atoms with Gasteiger partial charge in [-0.05, 0) is 42.5 Å². The van der Waals surface area contributed by atoms with Crippen LogP contribution in [0.15, 0.2) is 48.5 Å². The summed E-state index contributed by atoms with van der Waals surface area (Å²) in [5.41, 5.74) is 1.85. The number of benzene rings is 2. The van der Waals surface area contributed by atoms with E-state index in [0.29, 0.717) is 29.2 Å². The molecule has 0 aliphatic heterocycles. The molecule has 2 aromatic carbocycles. The molecule has 0 saturated heterocycles. The molecule has 0 spiro atoms. The van der Waals surface area contributed by atoms with Gasteiger partial charge < -0.3 is 15.4 Å². The van der Waals surface area contributed by atoms with Gasteiger partial charge in [0, 0.05) is 29.4 Å². The average Bonchev–Trinajstić information content (AvgIpc) is 2.56. The molecule has 0 fully saturated rings. The molecule has 1 amide bonds. The molecule has 0 atom stereocenters. The molecule has 120 valence electrons. The Hall–Kier alpha value is -2.53. The maximum absolute atomic E-state index is 11.9. The Balaban J connectivity index is 1.82. The summed E-state index contributed by atoms with van der Waals surface area (Å²) in [6.07, 6.45) is 0.297. The molecular weight excluding hydrogens is 316 g/mol. The van der Waals surface area contributed by atoms with Gasteiger partial charge in [-0.2, -0.15) is 0 Å². The minimum absolute atomic E-state index is 0.145. The normalized spacial score (nSPS) is 10.0. The number of hydrogen-bond donors (Lipinski definition) is 2. The van der Waals surface area contributed by atoms with Crippen molar-refractivity contribution in [3.05, 3.63) is 59.1 Å². The third kappa shape index (κ3) is 5.30. The van der Waals surface area contributed by atoms with Gasteiger partial charge in [0.25, 0.3) is 0 Å². The highest BCUT2D eigenvalue weighted by Crippen LogP contribution is 2.14. The monoisotopic (exact) mass is 332 g/mol. The molecule has 0 unspecified atom stereocenters. The summed E-state index contributed by atoms with van der Waals surface area (Å²) < 4.78 is 4.65. The SMILES string of the molecule is COC(=O)c1cccc(NC(=O)CCNc2ccc(Cl)cc2)c1. The zero-order valence-electron chi connectivity index (χ0n) is 12.6. The summed E-state index contributed by atoms with van der Waals surface area (Å²) in [4.78, 5) is 23.4. The fourth-order valence-corrected chi connectivity index (χ4v) is 2.08. The van der Waals surface area contributed by atoms with Crippen LogP contribution in [0.25, 0.3) is 0 Å². The Morgan fingerprint density at radius 1 is 1.09 bits per heavy atom. The van der Waals surface area contributed by atoms with Crippen LogP contribution >= 0.6 is 11.6 Å². The number of nitrogens with one attached hydrogen (secondary N) is 2. The number of anilines is 2. The van der Waals surface area contributed by atoms with Gasteiger partial charge in [0.1, 0.15) is 0 Å². The average molecular weight is 333 g/mol. The summed E-state index contributed by atoms with van der Waals surface area (Å²) in [5, 5.41) is 6.55. The summed E-state index contributed by atoms with van der Waals surface area (Å²) in [6, 6.07) is 13.9. The lowest BCUT2D eigenvalue weighted by Gasteiger charge is -2.08. The van der Waals surface area contributed by atoms with Crippen LogP contribution in [0.3, 0.4) is 0 Å². The first kappa shape index (κ1) is 16.8. The van der Waals surface area contributed by atoms with E-state index in [-0.39, 0.29) is 5.91 Å². The molecule has 5 nitrogen and oxygen atoms in total. The maximum atomic E-state index is 11.9. The standard InChI is InChI=1S/C17H17ClN2O3/c1-23-17(22)12-3-2-4-15(11-12)20-16(21)9-10-19-14-7-5-13(18)6-8-14/h2-8,11,19H,9-10H2,1H3,(H,20,21).